The lowest BCUT2D eigenvalue weighted by Crippen LogP contribution is -2.39. The van der Waals surface area contributed by atoms with Gasteiger partial charge in [0.1, 0.15) is 6.61 Å². The average molecular weight is 717 g/mol. The molecule has 9 heteroatoms. The number of ether oxygens (including phenoxy) is 3. The van der Waals surface area contributed by atoms with Crippen molar-refractivity contribution in [1.29, 1.82) is 0 Å². The van der Waals surface area contributed by atoms with Crippen molar-refractivity contribution in [2.45, 2.75) is 26.5 Å². The van der Waals surface area contributed by atoms with Gasteiger partial charge in [-0.25, -0.2) is 9.79 Å². The van der Waals surface area contributed by atoms with Crippen LogP contribution < -0.4 is 24.4 Å². The Kier molecular flexibility index (Phi) is 8.67. The fourth-order valence-electron chi connectivity index (χ4n) is 5.43. The summed E-state index contributed by atoms with van der Waals surface area (Å²) in [5.41, 5.74) is 3.33. The molecule has 0 fully saturated rings. The Morgan fingerprint density at radius 2 is 1.80 bits per heavy atom. The normalized spacial score (nSPS) is 14.7. The van der Waals surface area contributed by atoms with E-state index in [1.807, 2.05) is 66.7 Å². The highest BCUT2D eigenvalue weighted by Gasteiger charge is 2.33. The second kappa shape index (κ2) is 12.8. The van der Waals surface area contributed by atoms with Crippen molar-refractivity contribution < 1.29 is 19.0 Å². The van der Waals surface area contributed by atoms with E-state index in [1.165, 1.54) is 11.3 Å². The van der Waals surface area contributed by atoms with E-state index < -0.39 is 12.0 Å². The molecule has 222 valence electrons. The average Bonchev–Trinajstić information content (AvgIpc) is 3.33. The minimum atomic E-state index is -0.645. The Labute approximate surface area is 271 Å². The van der Waals surface area contributed by atoms with Gasteiger partial charge in [0, 0.05) is 0 Å². The molecule has 1 aromatic heterocycles. The third-order valence-electron chi connectivity index (χ3n) is 7.43. The number of carbonyl (C=O) groups is 1. The molecule has 0 saturated carbocycles. The van der Waals surface area contributed by atoms with Gasteiger partial charge in [-0.05, 0) is 82.1 Å². The van der Waals surface area contributed by atoms with Gasteiger partial charge in [0.15, 0.2) is 16.3 Å². The number of fused-ring (bicyclic) bond motifs is 2. The Hall–Kier alpha value is -4.22. The number of benzene rings is 4. The first-order chi connectivity index (χ1) is 21.4. The summed E-state index contributed by atoms with van der Waals surface area (Å²) in [4.78, 5) is 32.2. The van der Waals surface area contributed by atoms with E-state index in [0.29, 0.717) is 38.7 Å². The molecule has 44 heavy (non-hydrogen) atoms. The molecule has 7 nitrogen and oxygen atoms in total. The Morgan fingerprint density at radius 3 is 2.57 bits per heavy atom. The van der Waals surface area contributed by atoms with Gasteiger partial charge < -0.3 is 14.2 Å². The molecule has 0 aliphatic carbocycles. The summed E-state index contributed by atoms with van der Waals surface area (Å²) < 4.78 is 20.4. The van der Waals surface area contributed by atoms with Crippen LogP contribution in [0.5, 0.6) is 11.5 Å². The van der Waals surface area contributed by atoms with Gasteiger partial charge in [0.25, 0.3) is 5.56 Å². The fraction of sp³-hybridized carbons (Fsp3) is 0.171. The number of halogens is 1. The van der Waals surface area contributed by atoms with Crippen molar-refractivity contribution >= 4 is 56.7 Å². The van der Waals surface area contributed by atoms with Gasteiger partial charge >= 0.3 is 5.97 Å². The molecule has 4 aromatic carbocycles. The van der Waals surface area contributed by atoms with Crippen LogP contribution in [0.1, 0.15) is 36.6 Å². The minimum absolute atomic E-state index is 0.226. The molecule has 0 amide bonds. The van der Waals surface area contributed by atoms with Crippen molar-refractivity contribution in [2.75, 3.05) is 13.7 Å². The maximum atomic E-state index is 14.0. The number of nitrogens with zero attached hydrogens (tertiary/aromatic N) is 2. The standard InChI is InChI=1S/C35H29IN2O5S/c1-4-42-34(40)30-21(2)37-35-38(31(30)24-12-6-5-7-13-24)33(39)29(44-35)19-22-17-27(36)32(28(18-22)41-3)43-20-25-15-10-14-23-11-8-9-16-26(23)25/h5-19,31H,4,20H2,1-3H3/b29-19-/t31-/m1/s1. The molecule has 0 N–H and O–H groups in total. The van der Waals surface area contributed by atoms with Crippen molar-refractivity contribution in [3.63, 3.8) is 0 Å². The van der Waals surface area contributed by atoms with Crippen LogP contribution in [0.3, 0.4) is 0 Å². The number of carbonyl (C=O) groups excluding carboxylic acids is 1. The Morgan fingerprint density at radius 1 is 1.05 bits per heavy atom. The van der Waals surface area contributed by atoms with E-state index in [2.05, 4.69) is 51.8 Å². The molecule has 0 radical (unpaired) electrons. The summed E-state index contributed by atoms with van der Waals surface area (Å²) in [5, 5.41) is 2.30. The predicted octanol–water partition coefficient (Wildman–Crippen LogP) is 6.14. The summed E-state index contributed by atoms with van der Waals surface area (Å²) in [6.07, 6.45) is 1.83. The summed E-state index contributed by atoms with van der Waals surface area (Å²) in [5.74, 6) is 0.729. The summed E-state index contributed by atoms with van der Waals surface area (Å²) in [6.45, 7) is 4.15. The zero-order valence-electron chi connectivity index (χ0n) is 24.4. The minimum Gasteiger partial charge on any atom is -0.493 e. The second-order valence-electron chi connectivity index (χ2n) is 10.2. The number of rotatable bonds is 8. The number of aromatic nitrogens is 1. The maximum Gasteiger partial charge on any atom is 0.338 e. The molecular formula is C35H29IN2O5S. The Bertz CT molecular complexity index is 2090. The number of esters is 1. The van der Waals surface area contributed by atoms with Gasteiger partial charge in [-0.3, -0.25) is 9.36 Å². The van der Waals surface area contributed by atoms with Gasteiger partial charge in [-0.1, -0.05) is 84.1 Å². The largest absolute Gasteiger partial charge is 0.493 e. The molecule has 5 aromatic rings. The smallest absolute Gasteiger partial charge is 0.338 e. The van der Waals surface area contributed by atoms with Crippen LogP contribution in [-0.2, 0) is 16.1 Å². The van der Waals surface area contributed by atoms with Crippen molar-refractivity contribution in [3.05, 3.63) is 136 Å². The maximum absolute atomic E-state index is 14.0. The molecule has 1 atom stereocenters. The Balaban J connectivity index is 1.39. The van der Waals surface area contributed by atoms with E-state index in [1.54, 1.807) is 25.5 Å². The molecule has 1 aliphatic rings. The van der Waals surface area contributed by atoms with Crippen LogP contribution in [0.2, 0.25) is 0 Å². The number of hydrogen-bond donors (Lipinski definition) is 0. The van der Waals surface area contributed by atoms with E-state index in [9.17, 15) is 9.59 Å². The lowest BCUT2D eigenvalue weighted by atomic mass is 9.96. The highest BCUT2D eigenvalue weighted by atomic mass is 127. The molecular weight excluding hydrogens is 687 g/mol. The predicted molar refractivity (Wildman–Crippen MR) is 181 cm³/mol. The van der Waals surface area contributed by atoms with E-state index in [-0.39, 0.29) is 12.2 Å². The number of methoxy groups -OCH3 is 1. The molecule has 1 aliphatic heterocycles. The van der Waals surface area contributed by atoms with Crippen LogP contribution in [0.4, 0.5) is 0 Å². The zero-order chi connectivity index (χ0) is 30.8. The van der Waals surface area contributed by atoms with Crippen molar-refractivity contribution in [3.8, 4) is 11.5 Å². The molecule has 6 rings (SSSR count). The summed E-state index contributed by atoms with van der Waals surface area (Å²) >= 11 is 3.52. The highest BCUT2D eigenvalue weighted by molar-refractivity contribution is 14.1. The van der Waals surface area contributed by atoms with Crippen molar-refractivity contribution in [1.82, 2.24) is 4.57 Å². The first kappa shape index (κ1) is 29.8. The molecule has 2 heterocycles. The first-order valence-corrected chi connectivity index (χ1v) is 16.0. The van der Waals surface area contributed by atoms with Gasteiger partial charge in [0.05, 0.1) is 39.1 Å². The van der Waals surface area contributed by atoms with Crippen LogP contribution in [-0.4, -0.2) is 24.3 Å². The molecule has 0 saturated heterocycles. The van der Waals surface area contributed by atoms with E-state index in [0.717, 1.165) is 31.0 Å². The van der Waals surface area contributed by atoms with Gasteiger partial charge in [0.2, 0.25) is 0 Å². The molecule has 0 bridgehead atoms. The third-order valence-corrected chi connectivity index (χ3v) is 9.22. The van der Waals surface area contributed by atoms with Gasteiger partial charge in [-0.15, -0.1) is 0 Å². The fourth-order valence-corrected chi connectivity index (χ4v) is 7.25. The number of thiazole rings is 1. The molecule has 0 unspecified atom stereocenters. The van der Waals surface area contributed by atoms with Crippen LogP contribution in [0.25, 0.3) is 16.8 Å². The molecule has 0 spiro atoms. The van der Waals surface area contributed by atoms with Crippen LogP contribution in [0, 0.1) is 3.57 Å². The zero-order valence-corrected chi connectivity index (χ0v) is 27.3. The van der Waals surface area contributed by atoms with Gasteiger partial charge in [-0.2, -0.15) is 0 Å². The SMILES string of the molecule is CCOC(=O)C1=C(C)N=c2s/c(=C\c3cc(I)c(OCc4cccc5ccccc45)c(OC)c3)c(=O)n2[C@@H]1c1ccccc1. The lowest BCUT2D eigenvalue weighted by molar-refractivity contribution is -0.139. The van der Waals surface area contributed by atoms with Crippen LogP contribution in [0.15, 0.2) is 106 Å². The monoisotopic (exact) mass is 716 g/mol. The van der Waals surface area contributed by atoms with E-state index >= 15 is 0 Å². The summed E-state index contributed by atoms with van der Waals surface area (Å²) in [6, 6.07) is 27.1. The lowest BCUT2D eigenvalue weighted by Gasteiger charge is -2.24. The van der Waals surface area contributed by atoms with E-state index in [4.69, 9.17) is 14.2 Å². The third kappa shape index (κ3) is 5.69. The summed E-state index contributed by atoms with van der Waals surface area (Å²) in [7, 11) is 1.60. The highest BCUT2D eigenvalue weighted by Crippen LogP contribution is 2.35. The van der Waals surface area contributed by atoms with Crippen molar-refractivity contribution in [2.24, 2.45) is 4.99 Å². The second-order valence-corrected chi connectivity index (χ2v) is 12.3. The number of allylic oxidation sites excluding steroid dienone is 1. The topological polar surface area (TPSA) is 79.1 Å². The quantitative estimate of drug-likeness (QED) is 0.143. The van der Waals surface area contributed by atoms with Crippen LogP contribution >= 0.6 is 33.9 Å². The first-order valence-electron chi connectivity index (χ1n) is 14.1. The number of hydrogen-bond acceptors (Lipinski definition) is 7.